The fourth-order valence-electron chi connectivity index (χ4n) is 4.47. The fourth-order valence-corrected chi connectivity index (χ4v) is 4.47. The van der Waals surface area contributed by atoms with Crippen molar-refractivity contribution in [1.29, 1.82) is 0 Å². The van der Waals surface area contributed by atoms with Gasteiger partial charge in [-0.3, -0.25) is 9.59 Å². The molecule has 0 aliphatic carbocycles. The zero-order valence-corrected chi connectivity index (χ0v) is 19.3. The van der Waals surface area contributed by atoms with Gasteiger partial charge in [0, 0.05) is 25.0 Å². The number of likely N-dealkylation sites (tertiary alicyclic amines) is 1. The number of carbonyl (C=O) groups excluding carboxylic acids is 2. The Balaban J connectivity index is 1.73. The van der Waals surface area contributed by atoms with E-state index in [2.05, 4.69) is 6.58 Å². The predicted molar refractivity (Wildman–Crippen MR) is 128 cm³/mol. The molecule has 0 N–H and O–H groups in total. The number of rotatable bonds is 8. The SMILES string of the molecule is C=CCOc1cccc2c1cc(C(=O)N1CCCC(C(=O)OCC)C1)n2Cc1cccc(F)c1. The summed E-state index contributed by atoms with van der Waals surface area (Å²) in [5.41, 5.74) is 2.03. The number of amides is 1. The van der Waals surface area contributed by atoms with Gasteiger partial charge in [-0.25, -0.2) is 4.39 Å². The summed E-state index contributed by atoms with van der Waals surface area (Å²) in [6, 6.07) is 13.8. The number of aromatic nitrogens is 1. The third-order valence-corrected chi connectivity index (χ3v) is 6.04. The first-order valence-corrected chi connectivity index (χ1v) is 11.6. The van der Waals surface area contributed by atoms with E-state index in [0.717, 1.165) is 22.9 Å². The van der Waals surface area contributed by atoms with Gasteiger partial charge < -0.3 is 18.9 Å². The zero-order chi connectivity index (χ0) is 24.1. The highest BCUT2D eigenvalue weighted by atomic mass is 19.1. The van der Waals surface area contributed by atoms with E-state index in [-0.39, 0.29) is 23.6 Å². The number of piperidine rings is 1. The number of halogens is 1. The minimum absolute atomic E-state index is 0.170. The molecule has 0 saturated carbocycles. The zero-order valence-electron chi connectivity index (χ0n) is 19.3. The maximum absolute atomic E-state index is 13.9. The lowest BCUT2D eigenvalue weighted by Gasteiger charge is -2.31. The number of nitrogens with zero attached hydrogens (tertiary/aromatic N) is 2. The lowest BCUT2D eigenvalue weighted by atomic mass is 9.98. The van der Waals surface area contributed by atoms with Crippen LogP contribution in [0, 0.1) is 11.7 Å². The van der Waals surface area contributed by atoms with Gasteiger partial charge in [0.2, 0.25) is 0 Å². The van der Waals surface area contributed by atoms with Crippen molar-refractivity contribution in [1.82, 2.24) is 9.47 Å². The van der Waals surface area contributed by atoms with Gasteiger partial charge in [-0.15, -0.1) is 0 Å². The second kappa shape index (κ2) is 10.5. The highest BCUT2D eigenvalue weighted by Crippen LogP contribution is 2.31. The number of esters is 1. The first-order chi connectivity index (χ1) is 16.5. The van der Waals surface area contributed by atoms with Crippen molar-refractivity contribution in [3.63, 3.8) is 0 Å². The highest BCUT2D eigenvalue weighted by Gasteiger charge is 2.31. The van der Waals surface area contributed by atoms with Gasteiger partial charge in [-0.2, -0.15) is 0 Å². The van der Waals surface area contributed by atoms with Crippen molar-refractivity contribution in [2.24, 2.45) is 5.92 Å². The fraction of sp³-hybridized carbons (Fsp3) is 0.333. The van der Waals surface area contributed by atoms with Crippen molar-refractivity contribution < 1.29 is 23.5 Å². The van der Waals surface area contributed by atoms with Gasteiger partial charge in [0.15, 0.2) is 0 Å². The first kappa shape index (κ1) is 23.5. The molecule has 1 aliphatic rings. The van der Waals surface area contributed by atoms with Crippen molar-refractivity contribution in [3.05, 3.63) is 78.3 Å². The summed E-state index contributed by atoms with van der Waals surface area (Å²) in [7, 11) is 0. The summed E-state index contributed by atoms with van der Waals surface area (Å²) in [4.78, 5) is 27.7. The number of hydrogen-bond acceptors (Lipinski definition) is 4. The normalized spacial score (nSPS) is 15.8. The van der Waals surface area contributed by atoms with Crippen molar-refractivity contribution in [2.45, 2.75) is 26.3 Å². The van der Waals surface area contributed by atoms with Crippen LogP contribution in [0.1, 0.15) is 35.8 Å². The lowest BCUT2D eigenvalue weighted by Crippen LogP contribution is -2.43. The molecule has 1 saturated heterocycles. The molecule has 1 fully saturated rings. The first-order valence-electron chi connectivity index (χ1n) is 11.6. The molecule has 1 aliphatic heterocycles. The Hall–Kier alpha value is -3.61. The summed E-state index contributed by atoms with van der Waals surface area (Å²) in [6.07, 6.45) is 3.10. The van der Waals surface area contributed by atoms with E-state index in [1.165, 1.54) is 12.1 Å². The Labute approximate surface area is 198 Å². The minimum atomic E-state index is -0.329. The smallest absolute Gasteiger partial charge is 0.310 e. The maximum Gasteiger partial charge on any atom is 0.310 e. The number of carbonyl (C=O) groups is 2. The van der Waals surface area contributed by atoms with E-state index < -0.39 is 0 Å². The Morgan fingerprint density at radius 2 is 2.03 bits per heavy atom. The van der Waals surface area contributed by atoms with E-state index in [1.807, 2.05) is 34.9 Å². The monoisotopic (exact) mass is 464 g/mol. The van der Waals surface area contributed by atoms with Crippen LogP contribution in [0.2, 0.25) is 0 Å². The van der Waals surface area contributed by atoms with Crippen molar-refractivity contribution in [3.8, 4) is 5.75 Å². The van der Waals surface area contributed by atoms with Gasteiger partial charge >= 0.3 is 5.97 Å². The van der Waals surface area contributed by atoms with Crippen LogP contribution >= 0.6 is 0 Å². The molecule has 178 valence electrons. The topological polar surface area (TPSA) is 60.8 Å². The van der Waals surface area contributed by atoms with Crippen LogP contribution in [0.25, 0.3) is 10.9 Å². The third-order valence-electron chi connectivity index (χ3n) is 6.04. The minimum Gasteiger partial charge on any atom is -0.489 e. The summed E-state index contributed by atoms with van der Waals surface area (Å²) in [5, 5.41) is 0.794. The Morgan fingerprint density at radius 3 is 2.79 bits per heavy atom. The Bertz CT molecular complexity index is 1200. The van der Waals surface area contributed by atoms with Crippen LogP contribution in [0.4, 0.5) is 4.39 Å². The van der Waals surface area contributed by atoms with Gasteiger partial charge in [0.1, 0.15) is 23.9 Å². The number of ether oxygens (including phenoxy) is 2. The van der Waals surface area contributed by atoms with E-state index >= 15 is 0 Å². The Kier molecular flexibility index (Phi) is 7.30. The van der Waals surface area contributed by atoms with Crippen LogP contribution < -0.4 is 4.74 Å². The second-order valence-corrected chi connectivity index (χ2v) is 8.38. The molecule has 1 aromatic heterocycles. The molecule has 34 heavy (non-hydrogen) atoms. The highest BCUT2D eigenvalue weighted by molar-refractivity contribution is 6.00. The quantitative estimate of drug-likeness (QED) is 0.355. The van der Waals surface area contributed by atoms with Gasteiger partial charge in [0.25, 0.3) is 5.91 Å². The van der Waals surface area contributed by atoms with Crippen LogP contribution in [0.3, 0.4) is 0 Å². The van der Waals surface area contributed by atoms with E-state index in [4.69, 9.17) is 9.47 Å². The average Bonchev–Trinajstić information content (AvgIpc) is 3.21. The molecule has 2 aromatic carbocycles. The van der Waals surface area contributed by atoms with Gasteiger partial charge in [-0.05, 0) is 55.7 Å². The van der Waals surface area contributed by atoms with Gasteiger partial charge in [-0.1, -0.05) is 30.9 Å². The molecule has 0 bridgehead atoms. The number of fused-ring (bicyclic) bond motifs is 1. The molecule has 0 radical (unpaired) electrons. The second-order valence-electron chi connectivity index (χ2n) is 8.38. The van der Waals surface area contributed by atoms with Crippen LogP contribution in [-0.4, -0.2) is 47.6 Å². The largest absolute Gasteiger partial charge is 0.489 e. The molecule has 7 heteroatoms. The van der Waals surface area contributed by atoms with Crippen LogP contribution in [-0.2, 0) is 16.1 Å². The molecule has 4 rings (SSSR count). The molecular formula is C27H29FN2O4. The molecule has 2 heterocycles. The molecule has 6 nitrogen and oxygen atoms in total. The standard InChI is InChI=1S/C27H29FN2O4/c1-3-14-34-25-12-6-11-23-22(25)16-24(30(23)17-19-8-5-10-21(28)15-19)26(31)29-13-7-9-20(18-29)27(32)33-4-2/h3,5-6,8,10-12,15-16,20H,1,4,7,9,13-14,17-18H2,2H3. The predicted octanol–water partition coefficient (Wildman–Crippen LogP) is 4.81. The van der Waals surface area contributed by atoms with Crippen LogP contribution in [0.5, 0.6) is 5.75 Å². The summed E-state index contributed by atoms with van der Waals surface area (Å²) < 4.78 is 26.8. The van der Waals surface area contributed by atoms with E-state index in [1.54, 1.807) is 24.0 Å². The number of hydrogen-bond donors (Lipinski definition) is 0. The van der Waals surface area contributed by atoms with Crippen LogP contribution in [0.15, 0.2) is 61.2 Å². The van der Waals surface area contributed by atoms with Crippen molar-refractivity contribution in [2.75, 3.05) is 26.3 Å². The van der Waals surface area contributed by atoms with Crippen molar-refractivity contribution >= 4 is 22.8 Å². The number of benzene rings is 2. The molecule has 1 unspecified atom stereocenters. The average molecular weight is 465 g/mol. The summed E-state index contributed by atoms with van der Waals surface area (Å²) >= 11 is 0. The van der Waals surface area contributed by atoms with Gasteiger partial charge in [0.05, 0.1) is 18.0 Å². The Morgan fingerprint density at radius 1 is 1.21 bits per heavy atom. The maximum atomic E-state index is 13.9. The molecule has 0 spiro atoms. The molecule has 1 amide bonds. The summed E-state index contributed by atoms with van der Waals surface area (Å²) in [5.74, 6) is -0.445. The molecule has 3 aromatic rings. The lowest BCUT2D eigenvalue weighted by molar-refractivity contribution is -0.149. The summed E-state index contributed by atoms with van der Waals surface area (Å²) in [6.45, 7) is 7.34. The molecule has 1 atom stereocenters. The third kappa shape index (κ3) is 4.98. The molecular weight excluding hydrogens is 435 g/mol. The van der Waals surface area contributed by atoms with E-state index in [9.17, 15) is 14.0 Å². The van der Waals surface area contributed by atoms with E-state index in [0.29, 0.717) is 50.7 Å².